The largest absolute Gasteiger partial charge is 0.624 e. The van der Waals surface area contributed by atoms with Crippen LogP contribution < -0.4 is 0 Å². The zero-order chi connectivity index (χ0) is 5.98. The van der Waals surface area contributed by atoms with Gasteiger partial charge in [-0.05, 0) is 12.8 Å². The molecule has 1 aliphatic rings. The minimum Gasteiger partial charge on any atom is -0.624 e. The van der Waals surface area contributed by atoms with Gasteiger partial charge < -0.3 is 5.21 Å². The quantitative estimate of drug-likeness (QED) is 0.263. The van der Waals surface area contributed by atoms with E-state index in [1.807, 2.05) is 0 Å². The second-order valence-electron chi connectivity index (χ2n) is 2.27. The van der Waals surface area contributed by atoms with Gasteiger partial charge in [-0.3, -0.25) is 0 Å². The first kappa shape index (κ1) is 5.60. The third kappa shape index (κ3) is 0.997. The molecule has 0 radical (unpaired) electrons. The van der Waals surface area contributed by atoms with Crippen molar-refractivity contribution in [3.63, 3.8) is 0 Å². The van der Waals surface area contributed by atoms with Gasteiger partial charge in [-0.15, -0.1) is 0 Å². The van der Waals surface area contributed by atoms with Crippen molar-refractivity contribution in [3.05, 3.63) is 5.21 Å². The lowest BCUT2D eigenvalue weighted by Crippen LogP contribution is -2.05. The fourth-order valence-electron chi connectivity index (χ4n) is 1.10. The molecule has 0 unspecified atom stereocenters. The fraction of sp³-hybridized carbons (Fsp3) is 0.833. The van der Waals surface area contributed by atoms with Crippen LogP contribution in [0.1, 0.15) is 25.7 Å². The molecule has 0 heterocycles. The van der Waals surface area contributed by atoms with E-state index in [0.717, 1.165) is 23.3 Å². The van der Waals surface area contributed by atoms with Crippen molar-refractivity contribution >= 4 is 5.71 Å². The third-order valence-corrected chi connectivity index (χ3v) is 1.63. The van der Waals surface area contributed by atoms with Crippen LogP contribution in [0.3, 0.4) is 0 Å². The maximum atomic E-state index is 10.5. The molecule has 0 aromatic heterocycles. The maximum Gasteiger partial charge on any atom is 0.163 e. The van der Waals surface area contributed by atoms with E-state index in [2.05, 4.69) is 0 Å². The van der Waals surface area contributed by atoms with Gasteiger partial charge in [0, 0.05) is 12.8 Å². The Morgan fingerprint density at radius 2 is 1.88 bits per heavy atom. The normalized spacial score (nSPS) is 19.4. The number of nitrogens with zero attached hydrogens (tertiary/aromatic N) is 1. The van der Waals surface area contributed by atoms with Crippen LogP contribution in [0.4, 0.5) is 0 Å². The Kier molecular flexibility index (Phi) is 1.51. The lowest BCUT2D eigenvalue weighted by molar-refractivity contribution is -0.424. The molecule has 0 saturated heterocycles. The number of hydroxylamine groups is 1. The highest BCUT2D eigenvalue weighted by molar-refractivity contribution is 5.81. The maximum absolute atomic E-state index is 10.5. The van der Waals surface area contributed by atoms with Crippen LogP contribution in [0.25, 0.3) is 0 Å². The monoisotopic (exact) mass is 113 g/mol. The lowest BCUT2D eigenvalue weighted by Gasteiger charge is -1.97. The van der Waals surface area contributed by atoms with Gasteiger partial charge in [0.15, 0.2) is 5.71 Å². The Hall–Kier alpha value is -0.530. The molecule has 1 saturated carbocycles. The van der Waals surface area contributed by atoms with Crippen LogP contribution in [-0.2, 0) is 0 Å². The summed E-state index contributed by atoms with van der Waals surface area (Å²) in [6.45, 7) is 0. The molecule has 0 atom stereocenters. The van der Waals surface area contributed by atoms with E-state index >= 15 is 0 Å². The van der Waals surface area contributed by atoms with Crippen molar-refractivity contribution < 1.29 is 4.74 Å². The van der Waals surface area contributed by atoms with Gasteiger partial charge in [-0.2, -0.15) is 0 Å². The lowest BCUT2D eigenvalue weighted by atomic mass is 10.3. The first-order valence-electron chi connectivity index (χ1n) is 3.06. The zero-order valence-corrected chi connectivity index (χ0v) is 5.18. The Bertz CT molecular complexity index is 106. The highest BCUT2D eigenvalue weighted by atomic mass is 16.5. The van der Waals surface area contributed by atoms with Crippen LogP contribution in [-0.4, -0.2) is 17.5 Å². The molecule has 0 aliphatic heterocycles. The molecule has 46 valence electrons. The summed E-state index contributed by atoms with van der Waals surface area (Å²) in [6, 6.07) is 0. The second-order valence-corrected chi connectivity index (χ2v) is 2.27. The van der Waals surface area contributed by atoms with E-state index in [1.165, 1.54) is 12.8 Å². The molecule has 0 N–H and O–H groups in total. The first-order chi connectivity index (χ1) is 3.80. The summed E-state index contributed by atoms with van der Waals surface area (Å²) in [6.07, 6.45) is 4.48. The Labute approximate surface area is 49.4 Å². The predicted octanol–water partition coefficient (Wildman–Crippen LogP) is 1.14. The van der Waals surface area contributed by atoms with Crippen molar-refractivity contribution in [2.24, 2.45) is 0 Å². The van der Waals surface area contributed by atoms with Crippen molar-refractivity contribution in [2.45, 2.75) is 25.7 Å². The summed E-state index contributed by atoms with van der Waals surface area (Å²) in [5.74, 6) is 0. The van der Waals surface area contributed by atoms with Gasteiger partial charge in [0.25, 0.3) is 0 Å². The highest BCUT2D eigenvalue weighted by Gasteiger charge is 2.13. The molecule has 1 fully saturated rings. The van der Waals surface area contributed by atoms with E-state index < -0.39 is 0 Å². The summed E-state index contributed by atoms with van der Waals surface area (Å²) in [4.78, 5) is 0. The average molecular weight is 113 g/mol. The second kappa shape index (κ2) is 2.16. The molecular formula is C6H11NO. The van der Waals surface area contributed by atoms with E-state index in [1.54, 1.807) is 7.05 Å². The van der Waals surface area contributed by atoms with Crippen LogP contribution in [0, 0.1) is 5.21 Å². The average Bonchev–Trinajstić information content (AvgIpc) is 2.12. The summed E-state index contributed by atoms with van der Waals surface area (Å²) in [7, 11) is 1.58. The van der Waals surface area contributed by atoms with E-state index in [4.69, 9.17) is 0 Å². The highest BCUT2D eigenvalue weighted by Crippen LogP contribution is 2.13. The van der Waals surface area contributed by atoms with Crippen molar-refractivity contribution in [3.8, 4) is 0 Å². The van der Waals surface area contributed by atoms with Gasteiger partial charge in [-0.25, -0.2) is 4.74 Å². The van der Waals surface area contributed by atoms with Crippen LogP contribution in [0.5, 0.6) is 0 Å². The number of hydrogen-bond acceptors (Lipinski definition) is 1. The Balaban J connectivity index is 2.58. The standard InChI is InChI=1S/C6H11NO/c1-7(8)6-4-2-3-5-6/h2-5H2,1H3. The molecule has 8 heavy (non-hydrogen) atoms. The van der Waals surface area contributed by atoms with Gasteiger partial charge in [0.2, 0.25) is 0 Å². The fourth-order valence-corrected chi connectivity index (χ4v) is 1.10. The number of rotatable bonds is 0. The molecule has 0 aromatic rings. The molecule has 0 spiro atoms. The van der Waals surface area contributed by atoms with E-state index in [9.17, 15) is 5.21 Å². The molecule has 2 heteroatoms. The van der Waals surface area contributed by atoms with Gasteiger partial charge in [0.1, 0.15) is 7.05 Å². The minimum atomic E-state index is 1.01. The summed E-state index contributed by atoms with van der Waals surface area (Å²) in [5.41, 5.74) is 1.07. The topological polar surface area (TPSA) is 26.1 Å². The molecule has 1 rings (SSSR count). The van der Waals surface area contributed by atoms with Crippen molar-refractivity contribution in [1.82, 2.24) is 0 Å². The SMILES string of the molecule is C[N+]([O-])=C1CCCC1. The summed E-state index contributed by atoms with van der Waals surface area (Å²) in [5, 5.41) is 10.5. The van der Waals surface area contributed by atoms with E-state index in [0.29, 0.717) is 0 Å². The van der Waals surface area contributed by atoms with Crippen LogP contribution >= 0.6 is 0 Å². The van der Waals surface area contributed by atoms with Crippen molar-refractivity contribution in [2.75, 3.05) is 7.05 Å². The molecular weight excluding hydrogens is 102 g/mol. The first-order valence-corrected chi connectivity index (χ1v) is 3.06. The molecule has 0 bridgehead atoms. The van der Waals surface area contributed by atoms with Crippen molar-refractivity contribution in [1.29, 1.82) is 0 Å². The van der Waals surface area contributed by atoms with Gasteiger partial charge in [-0.1, -0.05) is 0 Å². The predicted molar refractivity (Wildman–Crippen MR) is 33.0 cm³/mol. The molecule has 0 aromatic carbocycles. The number of hydrogen-bond donors (Lipinski definition) is 0. The summed E-state index contributed by atoms with van der Waals surface area (Å²) < 4.78 is 1.01. The molecule has 2 nitrogen and oxygen atoms in total. The van der Waals surface area contributed by atoms with E-state index in [-0.39, 0.29) is 0 Å². The summed E-state index contributed by atoms with van der Waals surface area (Å²) >= 11 is 0. The zero-order valence-electron chi connectivity index (χ0n) is 5.18. The smallest absolute Gasteiger partial charge is 0.163 e. The molecule has 1 aliphatic carbocycles. The van der Waals surface area contributed by atoms with Gasteiger partial charge in [0.05, 0.1) is 0 Å². The van der Waals surface area contributed by atoms with Gasteiger partial charge >= 0.3 is 0 Å². The molecule has 0 amide bonds. The third-order valence-electron chi connectivity index (χ3n) is 1.63. The van der Waals surface area contributed by atoms with Crippen LogP contribution in [0.15, 0.2) is 0 Å². The Morgan fingerprint density at radius 1 is 1.38 bits per heavy atom. The minimum absolute atomic E-state index is 1.01. The van der Waals surface area contributed by atoms with Crippen LogP contribution in [0.2, 0.25) is 0 Å². The Morgan fingerprint density at radius 3 is 2.12 bits per heavy atom.